The van der Waals surface area contributed by atoms with Crippen molar-refractivity contribution in [2.24, 2.45) is 5.92 Å². The van der Waals surface area contributed by atoms with E-state index in [-0.39, 0.29) is 0 Å². The second-order valence-electron chi connectivity index (χ2n) is 7.86. The maximum absolute atomic E-state index is 6.07. The highest BCUT2D eigenvalue weighted by molar-refractivity contribution is 6.30. The van der Waals surface area contributed by atoms with Gasteiger partial charge in [-0.05, 0) is 49.3 Å². The summed E-state index contributed by atoms with van der Waals surface area (Å²) in [4.78, 5) is 0. The zero-order valence-electron chi connectivity index (χ0n) is 14.4. The minimum absolute atomic E-state index is 0.328. The lowest BCUT2D eigenvalue weighted by Crippen LogP contribution is -2.53. The van der Waals surface area contributed by atoms with Crippen LogP contribution in [0.15, 0.2) is 24.3 Å². The second kappa shape index (κ2) is 7.33. The Bertz CT molecular complexity index is 537. The third-order valence-electron chi connectivity index (χ3n) is 6.51. The number of morpholine rings is 1. The molecular weight excluding hydrogens is 320 g/mol. The van der Waals surface area contributed by atoms with Crippen molar-refractivity contribution in [1.82, 2.24) is 10.6 Å². The average Bonchev–Trinajstić information content (AvgIpc) is 3.05. The smallest absolute Gasteiger partial charge is 0.0623 e. The van der Waals surface area contributed by atoms with Gasteiger partial charge in [-0.2, -0.15) is 0 Å². The van der Waals surface area contributed by atoms with Crippen LogP contribution in [0.1, 0.15) is 44.1 Å². The zero-order valence-corrected chi connectivity index (χ0v) is 15.2. The molecule has 0 bridgehead atoms. The molecular formula is C20H29ClN2O. The molecule has 3 unspecified atom stereocenters. The lowest BCUT2D eigenvalue weighted by Gasteiger charge is -2.44. The van der Waals surface area contributed by atoms with Crippen LogP contribution in [0.4, 0.5) is 0 Å². The van der Waals surface area contributed by atoms with E-state index >= 15 is 0 Å². The average molecular weight is 349 g/mol. The van der Waals surface area contributed by atoms with Crippen LogP contribution in [0.25, 0.3) is 0 Å². The van der Waals surface area contributed by atoms with E-state index in [1.807, 2.05) is 12.1 Å². The lowest BCUT2D eigenvalue weighted by atomic mass is 9.64. The number of nitrogens with one attached hydrogen (secondary N) is 2. The Balaban J connectivity index is 1.40. The Labute approximate surface area is 150 Å². The molecule has 1 saturated heterocycles. The van der Waals surface area contributed by atoms with Crippen LogP contribution in [0, 0.1) is 5.92 Å². The summed E-state index contributed by atoms with van der Waals surface area (Å²) in [7, 11) is 0. The predicted molar refractivity (Wildman–Crippen MR) is 98.7 cm³/mol. The van der Waals surface area contributed by atoms with Crippen LogP contribution in [-0.4, -0.2) is 38.4 Å². The van der Waals surface area contributed by atoms with Gasteiger partial charge in [0.05, 0.1) is 13.2 Å². The second-order valence-corrected chi connectivity index (χ2v) is 8.29. The summed E-state index contributed by atoms with van der Waals surface area (Å²) in [6.07, 6.45) is 7.91. The van der Waals surface area contributed by atoms with E-state index in [1.54, 1.807) is 0 Å². The van der Waals surface area contributed by atoms with Crippen LogP contribution < -0.4 is 10.6 Å². The molecule has 2 saturated carbocycles. The molecule has 4 heteroatoms. The first kappa shape index (κ1) is 16.8. The molecule has 1 aromatic rings. The number of hydrogen-bond acceptors (Lipinski definition) is 3. The fourth-order valence-corrected chi connectivity index (χ4v) is 5.01. The highest BCUT2D eigenvalue weighted by atomic mass is 35.5. The van der Waals surface area contributed by atoms with E-state index in [0.717, 1.165) is 31.3 Å². The van der Waals surface area contributed by atoms with Gasteiger partial charge in [-0.1, -0.05) is 36.6 Å². The topological polar surface area (TPSA) is 33.3 Å². The molecule has 4 rings (SSSR count). The summed E-state index contributed by atoms with van der Waals surface area (Å²) < 4.78 is 5.70. The molecule has 132 valence electrons. The molecule has 3 fully saturated rings. The van der Waals surface area contributed by atoms with Gasteiger partial charge in [0.2, 0.25) is 0 Å². The summed E-state index contributed by atoms with van der Waals surface area (Å²) >= 11 is 6.07. The first-order valence-electron chi connectivity index (χ1n) is 9.57. The third-order valence-corrected chi connectivity index (χ3v) is 6.76. The van der Waals surface area contributed by atoms with Crippen LogP contribution in [0.3, 0.4) is 0 Å². The van der Waals surface area contributed by atoms with Crippen molar-refractivity contribution in [2.75, 3.05) is 26.3 Å². The number of halogens is 1. The van der Waals surface area contributed by atoms with Crippen molar-refractivity contribution < 1.29 is 4.74 Å². The Morgan fingerprint density at radius 1 is 1.17 bits per heavy atom. The normalized spacial score (nSPS) is 32.5. The molecule has 3 atom stereocenters. The van der Waals surface area contributed by atoms with Crippen molar-refractivity contribution in [3.63, 3.8) is 0 Å². The van der Waals surface area contributed by atoms with Crippen LogP contribution in [0.5, 0.6) is 0 Å². The van der Waals surface area contributed by atoms with E-state index in [2.05, 4.69) is 22.8 Å². The van der Waals surface area contributed by atoms with Gasteiger partial charge in [0, 0.05) is 35.6 Å². The third kappa shape index (κ3) is 3.37. The van der Waals surface area contributed by atoms with Gasteiger partial charge < -0.3 is 15.4 Å². The molecule has 1 heterocycles. The SMILES string of the molecule is Clc1ccc(C2(CNC3CCCC3C3COCCN3)CCC2)cc1. The summed E-state index contributed by atoms with van der Waals surface area (Å²) in [6.45, 7) is 3.85. The standard InChI is InChI=1S/C20H29ClN2O/c21-16-7-5-15(6-8-16)20(9-2-10-20)14-23-18-4-1-3-17(18)19-13-24-12-11-22-19/h5-8,17-19,22-23H,1-4,9-14H2. The van der Waals surface area contributed by atoms with Crippen molar-refractivity contribution >= 4 is 11.6 Å². The fraction of sp³-hybridized carbons (Fsp3) is 0.700. The Morgan fingerprint density at radius 2 is 2.00 bits per heavy atom. The van der Waals surface area contributed by atoms with Gasteiger partial charge in [0.1, 0.15) is 0 Å². The molecule has 0 aromatic heterocycles. The van der Waals surface area contributed by atoms with Gasteiger partial charge in [-0.25, -0.2) is 0 Å². The molecule has 3 nitrogen and oxygen atoms in total. The molecule has 3 aliphatic rings. The summed E-state index contributed by atoms with van der Waals surface area (Å²) in [6, 6.07) is 9.70. The fourth-order valence-electron chi connectivity index (χ4n) is 4.89. The van der Waals surface area contributed by atoms with Crippen molar-refractivity contribution in [2.45, 2.75) is 56.0 Å². The Kier molecular flexibility index (Phi) is 5.14. The maximum Gasteiger partial charge on any atom is 0.0623 e. The highest BCUT2D eigenvalue weighted by Gasteiger charge is 2.41. The molecule has 0 radical (unpaired) electrons. The molecule has 24 heavy (non-hydrogen) atoms. The van der Waals surface area contributed by atoms with Gasteiger partial charge >= 0.3 is 0 Å². The highest BCUT2D eigenvalue weighted by Crippen LogP contribution is 2.44. The number of hydrogen-bond donors (Lipinski definition) is 2. The summed E-state index contributed by atoms with van der Waals surface area (Å²) in [5.74, 6) is 0.715. The number of rotatable bonds is 5. The van der Waals surface area contributed by atoms with Crippen molar-refractivity contribution in [1.29, 1.82) is 0 Å². The predicted octanol–water partition coefficient (Wildman–Crippen LogP) is 3.51. The van der Waals surface area contributed by atoms with Gasteiger partial charge in [-0.3, -0.25) is 0 Å². The van der Waals surface area contributed by atoms with Gasteiger partial charge in [0.25, 0.3) is 0 Å². The largest absolute Gasteiger partial charge is 0.379 e. The minimum Gasteiger partial charge on any atom is -0.379 e. The van der Waals surface area contributed by atoms with E-state index < -0.39 is 0 Å². The monoisotopic (exact) mass is 348 g/mol. The van der Waals surface area contributed by atoms with Crippen LogP contribution in [-0.2, 0) is 10.2 Å². The van der Waals surface area contributed by atoms with E-state index in [4.69, 9.17) is 16.3 Å². The lowest BCUT2D eigenvalue weighted by molar-refractivity contribution is 0.0515. The quantitative estimate of drug-likeness (QED) is 0.854. The molecule has 1 aromatic carbocycles. The van der Waals surface area contributed by atoms with Crippen LogP contribution >= 0.6 is 11.6 Å². The van der Waals surface area contributed by atoms with E-state index in [1.165, 1.54) is 44.1 Å². The van der Waals surface area contributed by atoms with E-state index in [9.17, 15) is 0 Å². The van der Waals surface area contributed by atoms with Crippen molar-refractivity contribution in [3.8, 4) is 0 Å². The van der Waals surface area contributed by atoms with Gasteiger partial charge in [0.15, 0.2) is 0 Å². The molecule has 0 spiro atoms. The summed E-state index contributed by atoms with van der Waals surface area (Å²) in [5, 5.41) is 8.46. The van der Waals surface area contributed by atoms with E-state index in [0.29, 0.717) is 23.4 Å². The zero-order chi connectivity index (χ0) is 16.4. The Morgan fingerprint density at radius 3 is 2.67 bits per heavy atom. The summed E-state index contributed by atoms with van der Waals surface area (Å²) in [5.41, 5.74) is 1.79. The molecule has 2 aliphatic carbocycles. The molecule has 2 N–H and O–H groups in total. The van der Waals surface area contributed by atoms with Gasteiger partial charge in [-0.15, -0.1) is 0 Å². The van der Waals surface area contributed by atoms with Crippen LogP contribution in [0.2, 0.25) is 5.02 Å². The number of ether oxygens (including phenoxy) is 1. The van der Waals surface area contributed by atoms with Crippen molar-refractivity contribution in [3.05, 3.63) is 34.9 Å². The number of benzene rings is 1. The maximum atomic E-state index is 6.07. The minimum atomic E-state index is 0.328. The Hall–Kier alpha value is -0.610. The molecule has 0 amide bonds. The first-order chi connectivity index (χ1) is 11.8. The first-order valence-corrected chi connectivity index (χ1v) is 9.95. The molecule has 1 aliphatic heterocycles.